The first kappa shape index (κ1) is 13.3. The molecule has 0 spiro atoms. The summed E-state index contributed by atoms with van der Waals surface area (Å²) in [7, 11) is 0. The molecule has 0 aromatic rings. The third-order valence-electron chi connectivity index (χ3n) is 4.26. The van der Waals surface area contributed by atoms with Gasteiger partial charge in [-0.2, -0.15) is 0 Å². The molecule has 1 atom stereocenters. The van der Waals surface area contributed by atoms with E-state index >= 15 is 0 Å². The van der Waals surface area contributed by atoms with Crippen LogP contribution in [0.4, 0.5) is 0 Å². The zero-order chi connectivity index (χ0) is 13.2. The second-order valence-corrected chi connectivity index (χ2v) is 5.63. The van der Waals surface area contributed by atoms with Gasteiger partial charge in [0, 0.05) is 6.54 Å². The van der Waals surface area contributed by atoms with Crippen LogP contribution in [0, 0.1) is 0 Å². The van der Waals surface area contributed by atoms with E-state index in [-0.39, 0.29) is 5.91 Å². The number of hydrogen-bond acceptors (Lipinski definition) is 3. The lowest BCUT2D eigenvalue weighted by molar-refractivity contribution is -0.146. The van der Waals surface area contributed by atoms with E-state index in [1.54, 1.807) is 4.90 Å². The molecule has 1 heterocycles. The smallest absolute Gasteiger partial charge is 0.243 e. The third kappa shape index (κ3) is 2.51. The Bertz CT molecular complexity index is 337. The zero-order valence-electron chi connectivity index (χ0n) is 10.9. The molecule has 4 N–H and O–H groups in total. The highest BCUT2D eigenvalue weighted by atomic mass is 16.2. The summed E-state index contributed by atoms with van der Waals surface area (Å²) in [6.07, 6.45) is 7.17. The largest absolute Gasteiger partial charge is 0.368 e. The molecule has 1 saturated carbocycles. The van der Waals surface area contributed by atoms with Gasteiger partial charge in [0.1, 0.15) is 6.04 Å². The van der Waals surface area contributed by atoms with Gasteiger partial charge < -0.3 is 16.4 Å². The maximum absolute atomic E-state index is 12.6. The molecule has 1 saturated heterocycles. The van der Waals surface area contributed by atoms with Crippen LogP contribution >= 0.6 is 0 Å². The van der Waals surface area contributed by atoms with Crippen LogP contribution < -0.4 is 11.5 Å². The van der Waals surface area contributed by atoms with E-state index in [4.69, 9.17) is 11.5 Å². The van der Waals surface area contributed by atoms with Gasteiger partial charge in [-0.25, -0.2) is 0 Å². The average Bonchev–Trinajstić information content (AvgIpc) is 2.38. The minimum atomic E-state index is -0.761. The number of carbonyl (C=O) groups excluding carboxylic acids is 2. The lowest BCUT2D eigenvalue weighted by atomic mass is 9.80. The van der Waals surface area contributed by atoms with E-state index in [0.29, 0.717) is 13.0 Å². The van der Waals surface area contributed by atoms with E-state index in [1.165, 1.54) is 0 Å². The predicted octanol–water partition coefficient (Wildman–Crippen LogP) is 0.514. The highest BCUT2D eigenvalue weighted by molar-refractivity contribution is 5.91. The Kier molecular flexibility index (Phi) is 3.90. The fourth-order valence-corrected chi connectivity index (χ4v) is 3.15. The molecule has 2 amide bonds. The van der Waals surface area contributed by atoms with Crippen molar-refractivity contribution in [1.82, 2.24) is 4.90 Å². The first-order valence-corrected chi connectivity index (χ1v) is 6.94. The van der Waals surface area contributed by atoms with Gasteiger partial charge in [0.05, 0.1) is 5.54 Å². The molecule has 0 aromatic heterocycles. The first-order valence-electron chi connectivity index (χ1n) is 6.94. The molecule has 1 unspecified atom stereocenters. The molecule has 1 aliphatic carbocycles. The molecule has 0 aromatic carbocycles. The van der Waals surface area contributed by atoms with Gasteiger partial charge in [-0.3, -0.25) is 9.59 Å². The van der Waals surface area contributed by atoms with Crippen molar-refractivity contribution in [3.05, 3.63) is 0 Å². The molecule has 102 valence electrons. The van der Waals surface area contributed by atoms with Crippen molar-refractivity contribution >= 4 is 11.8 Å². The number of likely N-dealkylation sites (tertiary alicyclic amines) is 1. The summed E-state index contributed by atoms with van der Waals surface area (Å²) in [5.41, 5.74) is 10.9. The van der Waals surface area contributed by atoms with Crippen molar-refractivity contribution < 1.29 is 9.59 Å². The number of nitrogens with zero attached hydrogens (tertiary/aromatic N) is 1. The van der Waals surface area contributed by atoms with Crippen LogP contribution in [0.25, 0.3) is 0 Å². The summed E-state index contributed by atoms with van der Waals surface area (Å²) in [4.78, 5) is 25.7. The lowest BCUT2D eigenvalue weighted by Crippen LogP contribution is -2.61. The van der Waals surface area contributed by atoms with Crippen LogP contribution in [0.5, 0.6) is 0 Å². The van der Waals surface area contributed by atoms with E-state index in [2.05, 4.69) is 0 Å². The average molecular weight is 253 g/mol. The minimum absolute atomic E-state index is 0.0642. The molecule has 1 aliphatic heterocycles. The number of piperidine rings is 1. The number of amides is 2. The van der Waals surface area contributed by atoms with Gasteiger partial charge >= 0.3 is 0 Å². The number of primary amides is 1. The molecule has 5 nitrogen and oxygen atoms in total. The highest BCUT2D eigenvalue weighted by Gasteiger charge is 2.42. The van der Waals surface area contributed by atoms with Crippen molar-refractivity contribution in [2.24, 2.45) is 11.5 Å². The summed E-state index contributed by atoms with van der Waals surface area (Å²) < 4.78 is 0. The SMILES string of the molecule is NC(=O)C1CCCCN1C(=O)C1(N)CCCCC1. The van der Waals surface area contributed by atoms with Crippen LogP contribution in [-0.4, -0.2) is 34.8 Å². The van der Waals surface area contributed by atoms with Crippen molar-refractivity contribution in [2.75, 3.05) is 6.54 Å². The fourth-order valence-electron chi connectivity index (χ4n) is 3.15. The standard InChI is InChI=1S/C13H23N3O2/c14-11(17)10-6-2-5-9-16(10)12(18)13(15)7-3-1-4-8-13/h10H,1-9,15H2,(H2,14,17). The maximum atomic E-state index is 12.6. The normalized spacial score (nSPS) is 27.8. The zero-order valence-corrected chi connectivity index (χ0v) is 10.9. The van der Waals surface area contributed by atoms with E-state index in [0.717, 1.165) is 44.9 Å². The maximum Gasteiger partial charge on any atom is 0.243 e. The van der Waals surface area contributed by atoms with Crippen LogP contribution in [0.2, 0.25) is 0 Å². The molecule has 0 radical (unpaired) electrons. The Morgan fingerprint density at radius 2 is 1.72 bits per heavy atom. The molecular formula is C13H23N3O2. The summed E-state index contributed by atoms with van der Waals surface area (Å²) in [6.45, 7) is 0.616. The Morgan fingerprint density at radius 1 is 1.06 bits per heavy atom. The van der Waals surface area contributed by atoms with Gasteiger partial charge in [0.25, 0.3) is 0 Å². The topological polar surface area (TPSA) is 89.4 Å². The van der Waals surface area contributed by atoms with Crippen LogP contribution in [-0.2, 0) is 9.59 Å². The second kappa shape index (κ2) is 5.26. The molecule has 5 heteroatoms. The van der Waals surface area contributed by atoms with E-state index in [9.17, 15) is 9.59 Å². The van der Waals surface area contributed by atoms with Crippen molar-refractivity contribution in [3.63, 3.8) is 0 Å². The second-order valence-electron chi connectivity index (χ2n) is 5.63. The lowest BCUT2D eigenvalue weighted by Gasteiger charge is -2.41. The summed E-state index contributed by atoms with van der Waals surface area (Å²) in [5.74, 6) is -0.465. The van der Waals surface area contributed by atoms with Crippen molar-refractivity contribution in [1.29, 1.82) is 0 Å². The third-order valence-corrected chi connectivity index (χ3v) is 4.26. The Morgan fingerprint density at radius 3 is 2.33 bits per heavy atom. The van der Waals surface area contributed by atoms with E-state index < -0.39 is 17.5 Å². The van der Waals surface area contributed by atoms with Crippen molar-refractivity contribution in [2.45, 2.75) is 62.9 Å². The Hall–Kier alpha value is -1.10. The Balaban J connectivity index is 2.12. The molecule has 2 rings (SSSR count). The van der Waals surface area contributed by atoms with Crippen LogP contribution in [0.3, 0.4) is 0 Å². The van der Waals surface area contributed by atoms with E-state index in [1.807, 2.05) is 0 Å². The number of carbonyl (C=O) groups is 2. The molecular weight excluding hydrogens is 230 g/mol. The predicted molar refractivity (Wildman–Crippen MR) is 68.5 cm³/mol. The van der Waals surface area contributed by atoms with Gasteiger partial charge in [-0.05, 0) is 32.1 Å². The van der Waals surface area contributed by atoms with Gasteiger partial charge in [0.15, 0.2) is 0 Å². The van der Waals surface area contributed by atoms with Gasteiger partial charge in [-0.15, -0.1) is 0 Å². The number of rotatable bonds is 2. The van der Waals surface area contributed by atoms with Crippen LogP contribution in [0.15, 0.2) is 0 Å². The monoisotopic (exact) mass is 253 g/mol. The molecule has 18 heavy (non-hydrogen) atoms. The minimum Gasteiger partial charge on any atom is -0.368 e. The summed E-state index contributed by atoms with van der Waals surface area (Å²) in [5, 5.41) is 0. The van der Waals surface area contributed by atoms with Gasteiger partial charge in [-0.1, -0.05) is 19.3 Å². The van der Waals surface area contributed by atoms with Gasteiger partial charge in [0.2, 0.25) is 11.8 Å². The van der Waals surface area contributed by atoms with Crippen molar-refractivity contribution in [3.8, 4) is 0 Å². The first-order chi connectivity index (χ1) is 8.54. The van der Waals surface area contributed by atoms with Crippen LogP contribution in [0.1, 0.15) is 51.4 Å². The number of hydrogen-bond donors (Lipinski definition) is 2. The molecule has 2 aliphatic rings. The number of nitrogens with two attached hydrogens (primary N) is 2. The quantitative estimate of drug-likeness (QED) is 0.751. The molecule has 0 bridgehead atoms. The molecule has 2 fully saturated rings. The Labute approximate surface area is 108 Å². The highest BCUT2D eigenvalue weighted by Crippen LogP contribution is 2.30. The fraction of sp³-hybridized carbons (Fsp3) is 0.846. The summed E-state index contributed by atoms with van der Waals surface area (Å²) in [6, 6.07) is -0.450. The summed E-state index contributed by atoms with van der Waals surface area (Å²) >= 11 is 0.